The van der Waals surface area contributed by atoms with E-state index >= 15 is 0 Å². The van der Waals surface area contributed by atoms with Crippen molar-refractivity contribution in [1.82, 2.24) is 15.2 Å². The van der Waals surface area contributed by atoms with Crippen LogP contribution >= 0.6 is 23.1 Å². The average molecular weight is 548 g/mol. The first-order chi connectivity index (χ1) is 17.7. The second kappa shape index (κ2) is 10.9. The van der Waals surface area contributed by atoms with Crippen molar-refractivity contribution in [3.05, 3.63) is 52.2 Å². The second-order valence-electron chi connectivity index (χ2n) is 7.85. The summed E-state index contributed by atoms with van der Waals surface area (Å²) in [6.07, 6.45) is 0. The van der Waals surface area contributed by atoms with E-state index in [1.165, 1.54) is 36.2 Å². The van der Waals surface area contributed by atoms with Crippen LogP contribution in [-0.2, 0) is 35.4 Å². The third kappa shape index (κ3) is 5.67. The monoisotopic (exact) mass is 547 g/mol. The number of nitrogens with two attached hydrogens (primary N) is 1. The van der Waals surface area contributed by atoms with Gasteiger partial charge in [0.05, 0.1) is 0 Å². The van der Waals surface area contributed by atoms with Gasteiger partial charge in [-0.25, -0.2) is 9.78 Å². The molecule has 0 aliphatic carbocycles. The summed E-state index contributed by atoms with van der Waals surface area (Å²) in [5.74, 6) is -3.04. The number of benzene rings is 1. The van der Waals surface area contributed by atoms with Gasteiger partial charge in [0.1, 0.15) is 41.8 Å². The van der Waals surface area contributed by atoms with E-state index in [4.69, 9.17) is 15.3 Å². The normalized spacial score (nSPS) is 19.1. The highest BCUT2D eigenvalue weighted by molar-refractivity contribution is 8.00. The van der Waals surface area contributed by atoms with Crippen LogP contribution in [0.15, 0.2) is 46.1 Å². The molecule has 0 unspecified atom stereocenters. The molecule has 0 bridgehead atoms. The Morgan fingerprint density at radius 1 is 1.27 bits per heavy atom. The number of carbonyl (C=O) groups is 4. The number of amides is 2. The lowest BCUT2D eigenvalue weighted by Gasteiger charge is -2.49. The Kier molecular flexibility index (Phi) is 7.63. The zero-order valence-corrected chi connectivity index (χ0v) is 20.9. The first-order valence-corrected chi connectivity index (χ1v) is 12.6. The SMILES string of the molecule is CC(=O)OCC1=C(C(=O)O)N2C(=O)[C@@H](NC(=O)C(=NOCc3ccc(O)cc3)c3csc(N)n3)[C@@H]2SC1. The van der Waals surface area contributed by atoms with E-state index in [1.807, 2.05) is 0 Å². The van der Waals surface area contributed by atoms with Gasteiger partial charge >= 0.3 is 11.9 Å². The average Bonchev–Trinajstić information content (AvgIpc) is 3.29. The smallest absolute Gasteiger partial charge is 0.352 e. The Morgan fingerprint density at radius 2 is 2.00 bits per heavy atom. The number of aromatic hydroxyl groups is 1. The number of β-lactam (4-membered cyclic amide) rings is 1. The van der Waals surface area contributed by atoms with Crippen molar-refractivity contribution in [2.45, 2.75) is 24.9 Å². The molecule has 2 amide bonds. The van der Waals surface area contributed by atoms with Gasteiger partial charge in [-0.05, 0) is 17.7 Å². The highest BCUT2D eigenvalue weighted by atomic mass is 32.2. The van der Waals surface area contributed by atoms with Crippen molar-refractivity contribution in [2.24, 2.45) is 5.16 Å². The van der Waals surface area contributed by atoms with Crippen LogP contribution in [0, 0.1) is 0 Å². The predicted octanol–water partition coefficient (Wildman–Crippen LogP) is 0.654. The van der Waals surface area contributed by atoms with Gasteiger partial charge in [-0.2, -0.15) is 0 Å². The molecule has 2 atom stereocenters. The van der Waals surface area contributed by atoms with Crippen LogP contribution in [0.4, 0.5) is 5.13 Å². The molecule has 37 heavy (non-hydrogen) atoms. The molecule has 0 radical (unpaired) electrons. The standard InChI is InChI=1S/C22H21N5O8S2/c1-10(28)34-7-12-8-36-20-16(19(31)27(20)17(12)21(32)33)25-18(30)15(14-9-37-22(23)24-14)26-35-6-11-2-4-13(29)5-3-11/h2-5,9,16,20,29H,6-8H2,1H3,(H2,23,24)(H,25,30)(H,32,33)/t16-,20+/m1/s1. The minimum atomic E-state index is -1.34. The number of thiazole rings is 1. The third-order valence-corrected chi connectivity index (χ3v) is 7.30. The number of oxime groups is 1. The lowest BCUT2D eigenvalue weighted by molar-refractivity contribution is -0.150. The zero-order valence-electron chi connectivity index (χ0n) is 19.2. The summed E-state index contributed by atoms with van der Waals surface area (Å²) in [6, 6.07) is 5.17. The van der Waals surface area contributed by atoms with Crippen LogP contribution in [0.25, 0.3) is 0 Å². The number of hydrogen-bond donors (Lipinski definition) is 4. The Morgan fingerprint density at radius 3 is 2.62 bits per heavy atom. The molecule has 5 N–H and O–H groups in total. The van der Waals surface area contributed by atoms with Crippen molar-refractivity contribution in [2.75, 3.05) is 18.1 Å². The van der Waals surface area contributed by atoms with Gasteiger partial charge in [-0.3, -0.25) is 19.3 Å². The summed E-state index contributed by atoms with van der Waals surface area (Å²) in [4.78, 5) is 59.5. The number of anilines is 1. The summed E-state index contributed by atoms with van der Waals surface area (Å²) < 4.78 is 4.91. The van der Waals surface area contributed by atoms with Gasteiger partial charge in [-0.15, -0.1) is 23.1 Å². The molecular weight excluding hydrogens is 526 g/mol. The molecule has 2 aromatic rings. The summed E-state index contributed by atoms with van der Waals surface area (Å²) in [5, 5.41) is 26.6. The maximum atomic E-state index is 13.1. The maximum absolute atomic E-state index is 13.1. The van der Waals surface area contributed by atoms with Gasteiger partial charge in [0.15, 0.2) is 10.8 Å². The number of carbonyl (C=O) groups excluding carboxylic acids is 3. The van der Waals surface area contributed by atoms with Gasteiger partial charge in [0, 0.05) is 23.6 Å². The van der Waals surface area contributed by atoms with E-state index in [2.05, 4.69) is 15.5 Å². The molecule has 13 nitrogen and oxygen atoms in total. The van der Waals surface area contributed by atoms with Crippen LogP contribution in [0.1, 0.15) is 18.2 Å². The molecule has 1 aromatic carbocycles. The molecule has 2 aliphatic heterocycles. The Bertz CT molecular complexity index is 1310. The molecule has 0 saturated carbocycles. The quantitative estimate of drug-likeness (QED) is 0.149. The summed E-state index contributed by atoms with van der Waals surface area (Å²) in [7, 11) is 0. The fourth-order valence-electron chi connectivity index (χ4n) is 3.56. The van der Waals surface area contributed by atoms with Gasteiger partial charge in [0.25, 0.3) is 11.8 Å². The lowest BCUT2D eigenvalue weighted by atomic mass is 10.0. The van der Waals surface area contributed by atoms with E-state index in [1.54, 1.807) is 12.1 Å². The van der Waals surface area contributed by atoms with Crippen LogP contribution in [-0.4, -0.2) is 73.3 Å². The Hall–Kier alpha value is -4.11. The Labute approximate surface area is 217 Å². The number of carboxylic acids is 1. The zero-order chi connectivity index (χ0) is 26.7. The number of aromatic nitrogens is 1. The number of ether oxygens (including phenoxy) is 1. The van der Waals surface area contributed by atoms with Crippen LogP contribution < -0.4 is 11.1 Å². The topological polar surface area (TPSA) is 194 Å². The number of fused-ring (bicyclic) bond motifs is 1. The number of thioether (sulfide) groups is 1. The largest absolute Gasteiger partial charge is 0.508 e. The van der Waals surface area contributed by atoms with Gasteiger partial charge in [-0.1, -0.05) is 17.3 Å². The number of aliphatic carboxylic acids is 1. The first-order valence-electron chi connectivity index (χ1n) is 10.7. The van der Waals surface area contributed by atoms with E-state index < -0.39 is 35.2 Å². The second-order valence-corrected chi connectivity index (χ2v) is 9.84. The summed E-state index contributed by atoms with van der Waals surface area (Å²) >= 11 is 2.31. The number of nitrogen functional groups attached to an aromatic ring is 1. The minimum absolute atomic E-state index is 0.0107. The minimum Gasteiger partial charge on any atom is -0.508 e. The van der Waals surface area contributed by atoms with Crippen molar-refractivity contribution >= 4 is 57.7 Å². The molecule has 3 heterocycles. The van der Waals surface area contributed by atoms with Crippen LogP contribution in [0.2, 0.25) is 0 Å². The number of phenolic OH excluding ortho intramolecular Hbond substituents is 1. The van der Waals surface area contributed by atoms with E-state index in [0.29, 0.717) is 5.56 Å². The van der Waals surface area contributed by atoms with E-state index in [0.717, 1.165) is 16.2 Å². The number of nitrogens with one attached hydrogen (secondary N) is 1. The molecule has 1 aromatic heterocycles. The maximum Gasteiger partial charge on any atom is 0.352 e. The lowest BCUT2D eigenvalue weighted by Crippen LogP contribution is -2.71. The highest BCUT2D eigenvalue weighted by Gasteiger charge is 2.54. The summed E-state index contributed by atoms with van der Waals surface area (Å²) in [6.45, 7) is 0.935. The van der Waals surface area contributed by atoms with Crippen molar-refractivity contribution in [3.8, 4) is 5.75 Å². The molecule has 194 valence electrons. The highest BCUT2D eigenvalue weighted by Crippen LogP contribution is 2.40. The molecule has 0 spiro atoms. The van der Waals surface area contributed by atoms with Crippen molar-refractivity contribution in [1.29, 1.82) is 0 Å². The van der Waals surface area contributed by atoms with E-state index in [9.17, 15) is 29.4 Å². The number of carboxylic acid groups (broad SMARTS) is 1. The van der Waals surface area contributed by atoms with Crippen molar-refractivity contribution in [3.63, 3.8) is 0 Å². The van der Waals surface area contributed by atoms with E-state index in [-0.39, 0.29) is 52.5 Å². The molecule has 15 heteroatoms. The summed E-state index contributed by atoms with van der Waals surface area (Å²) in [5.41, 5.74) is 6.32. The molecule has 2 aliphatic rings. The molecule has 4 rings (SSSR count). The van der Waals surface area contributed by atoms with Crippen LogP contribution in [0.3, 0.4) is 0 Å². The molecular formula is C22H21N5O8S2. The predicted molar refractivity (Wildman–Crippen MR) is 132 cm³/mol. The number of phenols is 1. The molecule has 1 saturated heterocycles. The van der Waals surface area contributed by atoms with Gasteiger partial charge < -0.3 is 30.8 Å². The van der Waals surface area contributed by atoms with Crippen LogP contribution in [0.5, 0.6) is 5.75 Å². The Balaban J connectivity index is 1.49. The van der Waals surface area contributed by atoms with Crippen molar-refractivity contribution < 1.29 is 39.0 Å². The first kappa shape index (κ1) is 26.0. The fourth-order valence-corrected chi connectivity index (χ4v) is 5.43. The number of hydrogen-bond acceptors (Lipinski definition) is 12. The number of nitrogens with zero attached hydrogens (tertiary/aromatic N) is 3. The third-order valence-electron chi connectivity index (χ3n) is 5.29. The van der Waals surface area contributed by atoms with Gasteiger partial charge in [0.2, 0.25) is 0 Å². The number of rotatable bonds is 9. The fraction of sp³-hybridized carbons (Fsp3) is 0.273. The number of esters is 1. The molecule has 1 fully saturated rings.